The molecule has 0 amide bonds. The van der Waals surface area contributed by atoms with Gasteiger partial charge in [-0.25, -0.2) is 5.43 Å². The molecule has 0 aliphatic carbocycles. The molecule has 2 rings (SSSR count). The maximum Gasteiger partial charge on any atom is 0.128 e. The first-order valence-corrected chi connectivity index (χ1v) is 6.73. The van der Waals surface area contributed by atoms with Crippen molar-refractivity contribution in [3.8, 4) is 0 Å². The van der Waals surface area contributed by atoms with E-state index in [0.29, 0.717) is 5.02 Å². The van der Waals surface area contributed by atoms with Gasteiger partial charge in [-0.05, 0) is 26.0 Å². The predicted molar refractivity (Wildman–Crippen MR) is 74.9 cm³/mol. The number of hydrogen-bond donors (Lipinski definition) is 2. The van der Waals surface area contributed by atoms with Crippen LogP contribution in [0.2, 0.25) is 5.02 Å². The van der Waals surface area contributed by atoms with E-state index >= 15 is 0 Å². The number of aromatic nitrogens is 2. The Morgan fingerprint density at radius 3 is 2.74 bits per heavy atom. The number of nitrogens with one attached hydrogen (secondary N) is 1. The van der Waals surface area contributed by atoms with Crippen molar-refractivity contribution in [2.24, 2.45) is 5.84 Å². The third kappa shape index (κ3) is 2.68. The van der Waals surface area contributed by atoms with Gasteiger partial charge in [0.25, 0.3) is 0 Å². The Labute approximate surface area is 117 Å². The lowest BCUT2D eigenvalue weighted by atomic mass is 10.1. The number of rotatable bonds is 5. The molecule has 2 aromatic rings. The molecule has 2 aromatic heterocycles. The van der Waals surface area contributed by atoms with Gasteiger partial charge in [0, 0.05) is 12.5 Å². The monoisotopic (exact) mass is 282 g/mol. The smallest absolute Gasteiger partial charge is 0.128 e. The first-order chi connectivity index (χ1) is 9.08. The molecule has 0 fully saturated rings. The standard InChI is InChI=1S/C13H19ClN4O/c1-4-9-5-6-11(19-9)12(17-15)13-10(14)7-16-18(13)8(2)3/h5-8,12,17H,4,15H2,1-3H3. The molecular weight excluding hydrogens is 264 g/mol. The lowest BCUT2D eigenvalue weighted by Gasteiger charge is -2.18. The minimum atomic E-state index is -0.308. The Hall–Kier alpha value is -1.30. The summed E-state index contributed by atoms with van der Waals surface area (Å²) in [4.78, 5) is 0. The molecule has 0 saturated heterocycles. The van der Waals surface area contributed by atoms with Crippen molar-refractivity contribution < 1.29 is 4.42 Å². The van der Waals surface area contributed by atoms with Crippen molar-refractivity contribution in [3.63, 3.8) is 0 Å². The second kappa shape index (κ2) is 5.77. The molecule has 0 saturated carbocycles. The van der Waals surface area contributed by atoms with Crippen LogP contribution < -0.4 is 11.3 Å². The van der Waals surface area contributed by atoms with Gasteiger partial charge in [0.2, 0.25) is 0 Å². The minimum absolute atomic E-state index is 0.193. The summed E-state index contributed by atoms with van der Waals surface area (Å²) in [6.45, 7) is 6.12. The Balaban J connectivity index is 2.44. The van der Waals surface area contributed by atoms with Crippen molar-refractivity contribution in [1.82, 2.24) is 15.2 Å². The van der Waals surface area contributed by atoms with E-state index in [0.717, 1.165) is 23.6 Å². The highest BCUT2D eigenvalue weighted by Gasteiger charge is 2.24. The molecule has 2 heterocycles. The Morgan fingerprint density at radius 2 is 2.21 bits per heavy atom. The highest BCUT2D eigenvalue weighted by atomic mass is 35.5. The van der Waals surface area contributed by atoms with E-state index in [9.17, 15) is 0 Å². The number of nitrogens with zero attached hydrogens (tertiary/aromatic N) is 2. The van der Waals surface area contributed by atoms with Crippen LogP contribution in [0.3, 0.4) is 0 Å². The minimum Gasteiger partial charge on any atom is -0.464 e. The van der Waals surface area contributed by atoms with Crippen molar-refractivity contribution in [1.29, 1.82) is 0 Å². The molecule has 1 unspecified atom stereocenters. The third-order valence-corrected chi connectivity index (χ3v) is 3.32. The van der Waals surface area contributed by atoms with Gasteiger partial charge in [-0.2, -0.15) is 5.10 Å². The average molecular weight is 283 g/mol. The zero-order chi connectivity index (χ0) is 14.0. The van der Waals surface area contributed by atoms with Crippen LogP contribution in [-0.4, -0.2) is 9.78 Å². The van der Waals surface area contributed by atoms with Gasteiger partial charge in [-0.15, -0.1) is 0 Å². The molecule has 19 heavy (non-hydrogen) atoms. The summed E-state index contributed by atoms with van der Waals surface area (Å²) in [5.41, 5.74) is 3.57. The van der Waals surface area contributed by atoms with Crippen molar-refractivity contribution in [2.75, 3.05) is 0 Å². The summed E-state index contributed by atoms with van der Waals surface area (Å²) in [5, 5.41) is 4.86. The second-order valence-electron chi connectivity index (χ2n) is 4.67. The number of furan rings is 1. The SMILES string of the molecule is CCc1ccc(C(NN)c2c(Cl)cnn2C(C)C)o1. The molecule has 104 valence electrons. The van der Waals surface area contributed by atoms with Crippen LogP contribution in [0.25, 0.3) is 0 Å². The summed E-state index contributed by atoms with van der Waals surface area (Å²) in [6, 6.07) is 3.75. The third-order valence-electron chi connectivity index (χ3n) is 3.03. The van der Waals surface area contributed by atoms with Crippen LogP contribution in [-0.2, 0) is 6.42 Å². The molecule has 0 spiro atoms. The molecule has 0 aromatic carbocycles. The van der Waals surface area contributed by atoms with Crippen LogP contribution in [0.5, 0.6) is 0 Å². The lowest BCUT2D eigenvalue weighted by molar-refractivity contribution is 0.400. The Bertz CT molecular complexity index is 547. The largest absolute Gasteiger partial charge is 0.464 e. The molecular formula is C13H19ClN4O. The fourth-order valence-corrected chi connectivity index (χ4v) is 2.31. The van der Waals surface area contributed by atoms with E-state index in [1.54, 1.807) is 6.20 Å². The van der Waals surface area contributed by atoms with Gasteiger partial charge in [0.05, 0.1) is 16.9 Å². The van der Waals surface area contributed by atoms with E-state index < -0.39 is 0 Å². The normalized spacial score (nSPS) is 13.2. The first kappa shape index (κ1) is 14.1. The molecule has 0 radical (unpaired) electrons. The van der Waals surface area contributed by atoms with Gasteiger partial charge in [0.15, 0.2) is 0 Å². The van der Waals surface area contributed by atoms with Crippen molar-refractivity contribution in [3.05, 3.63) is 40.6 Å². The van der Waals surface area contributed by atoms with Crippen LogP contribution in [0.4, 0.5) is 0 Å². The van der Waals surface area contributed by atoms with Crippen molar-refractivity contribution in [2.45, 2.75) is 39.3 Å². The number of nitrogens with two attached hydrogens (primary N) is 1. The summed E-state index contributed by atoms with van der Waals surface area (Å²) in [5.74, 6) is 7.33. The van der Waals surface area contributed by atoms with Crippen LogP contribution in [0.15, 0.2) is 22.7 Å². The van der Waals surface area contributed by atoms with Crippen LogP contribution in [0, 0.1) is 0 Å². The molecule has 0 bridgehead atoms. The van der Waals surface area contributed by atoms with Gasteiger partial charge in [-0.1, -0.05) is 18.5 Å². The quantitative estimate of drug-likeness (QED) is 0.653. The summed E-state index contributed by atoms with van der Waals surface area (Å²) >= 11 is 6.23. The summed E-state index contributed by atoms with van der Waals surface area (Å²) in [6.07, 6.45) is 2.47. The van der Waals surface area contributed by atoms with E-state index in [1.807, 2.05) is 37.6 Å². The first-order valence-electron chi connectivity index (χ1n) is 6.36. The second-order valence-corrected chi connectivity index (χ2v) is 5.08. The Morgan fingerprint density at radius 1 is 1.47 bits per heavy atom. The topological polar surface area (TPSA) is 69.0 Å². The van der Waals surface area contributed by atoms with Crippen LogP contribution in [0.1, 0.15) is 50.1 Å². The number of halogens is 1. The molecule has 0 aliphatic heterocycles. The summed E-state index contributed by atoms with van der Waals surface area (Å²) in [7, 11) is 0. The highest BCUT2D eigenvalue weighted by Crippen LogP contribution is 2.30. The molecule has 3 N–H and O–H groups in total. The van der Waals surface area contributed by atoms with Gasteiger partial charge in [0.1, 0.15) is 17.6 Å². The van der Waals surface area contributed by atoms with E-state index in [-0.39, 0.29) is 12.1 Å². The lowest BCUT2D eigenvalue weighted by Crippen LogP contribution is -2.31. The average Bonchev–Trinajstić information content (AvgIpc) is 2.99. The zero-order valence-electron chi connectivity index (χ0n) is 11.4. The van der Waals surface area contributed by atoms with Gasteiger partial charge < -0.3 is 4.42 Å². The van der Waals surface area contributed by atoms with E-state index in [1.165, 1.54) is 0 Å². The number of aryl methyl sites for hydroxylation is 1. The number of hydrazine groups is 1. The van der Waals surface area contributed by atoms with Crippen LogP contribution >= 0.6 is 11.6 Å². The molecule has 6 heteroatoms. The summed E-state index contributed by atoms with van der Waals surface area (Å²) < 4.78 is 7.61. The fourth-order valence-electron chi connectivity index (χ4n) is 2.07. The van der Waals surface area contributed by atoms with Gasteiger partial charge >= 0.3 is 0 Å². The van der Waals surface area contributed by atoms with E-state index in [2.05, 4.69) is 10.5 Å². The molecule has 5 nitrogen and oxygen atoms in total. The highest BCUT2D eigenvalue weighted by molar-refractivity contribution is 6.31. The van der Waals surface area contributed by atoms with Crippen molar-refractivity contribution >= 4 is 11.6 Å². The predicted octanol–water partition coefficient (Wildman–Crippen LogP) is 2.83. The maximum atomic E-state index is 6.23. The molecule has 1 atom stereocenters. The number of hydrogen-bond acceptors (Lipinski definition) is 4. The molecule has 0 aliphatic rings. The van der Waals surface area contributed by atoms with Gasteiger partial charge in [-0.3, -0.25) is 10.5 Å². The Kier molecular flexibility index (Phi) is 4.29. The fraction of sp³-hybridized carbons (Fsp3) is 0.462. The maximum absolute atomic E-state index is 6.23. The van der Waals surface area contributed by atoms with E-state index in [4.69, 9.17) is 21.9 Å². The zero-order valence-corrected chi connectivity index (χ0v) is 12.1.